The predicted molar refractivity (Wildman–Crippen MR) is 64.7 cm³/mol. The first-order valence-electron chi connectivity index (χ1n) is 6.18. The third-order valence-corrected chi connectivity index (χ3v) is 4.06. The van der Waals surface area contributed by atoms with Crippen molar-refractivity contribution in [3.05, 3.63) is 12.2 Å². The maximum absolute atomic E-state index is 11.1. The van der Waals surface area contributed by atoms with Crippen molar-refractivity contribution in [2.45, 2.75) is 26.7 Å². The molecule has 3 N–H and O–H groups in total. The molecule has 0 radical (unpaired) electrons. The normalized spacial score (nSPS) is 32.2. The zero-order valence-corrected chi connectivity index (χ0v) is 10.2. The summed E-state index contributed by atoms with van der Waals surface area (Å²) in [5.74, 6) is 2.13. The molecule has 0 spiro atoms. The summed E-state index contributed by atoms with van der Waals surface area (Å²) >= 11 is 0. The minimum atomic E-state index is -0.437. The van der Waals surface area contributed by atoms with Gasteiger partial charge >= 0.3 is 0 Å². The first kappa shape index (κ1) is 11.6. The van der Waals surface area contributed by atoms with Crippen LogP contribution in [0.15, 0.2) is 12.2 Å². The van der Waals surface area contributed by atoms with E-state index in [9.17, 15) is 4.79 Å². The molecule has 2 aliphatic rings. The molecule has 0 aromatic rings. The van der Waals surface area contributed by atoms with E-state index in [2.05, 4.69) is 17.5 Å². The van der Waals surface area contributed by atoms with Gasteiger partial charge in [-0.3, -0.25) is 4.79 Å². The molecule has 0 saturated heterocycles. The van der Waals surface area contributed by atoms with Crippen molar-refractivity contribution in [2.75, 3.05) is 13.1 Å². The third-order valence-electron chi connectivity index (χ3n) is 4.06. The second kappa shape index (κ2) is 4.21. The van der Waals surface area contributed by atoms with Crippen LogP contribution in [-0.2, 0) is 4.79 Å². The fourth-order valence-corrected chi connectivity index (χ4v) is 2.79. The first-order chi connectivity index (χ1) is 7.49. The Labute approximate surface area is 97.5 Å². The third kappa shape index (κ3) is 2.29. The summed E-state index contributed by atoms with van der Waals surface area (Å²) in [5, 5.41) is 3.40. The summed E-state index contributed by atoms with van der Waals surface area (Å²) in [6.07, 6.45) is 7.37. The largest absolute Gasteiger partial charge is 0.369 e. The summed E-state index contributed by atoms with van der Waals surface area (Å²) in [6, 6.07) is 0. The summed E-state index contributed by atoms with van der Waals surface area (Å²) in [4.78, 5) is 11.1. The molecule has 16 heavy (non-hydrogen) atoms. The highest BCUT2D eigenvalue weighted by Gasteiger charge is 2.35. The minimum absolute atomic E-state index is 0.229. The van der Waals surface area contributed by atoms with Gasteiger partial charge in [0.1, 0.15) is 0 Å². The molecule has 0 aromatic heterocycles. The summed E-state index contributed by atoms with van der Waals surface area (Å²) < 4.78 is 0. The zero-order chi connectivity index (χ0) is 11.8. The quantitative estimate of drug-likeness (QED) is 0.689. The van der Waals surface area contributed by atoms with Crippen molar-refractivity contribution in [1.82, 2.24) is 5.32 Å². The molecule has 0 aromatic carbocycles. The van der Waals surface area contributed by atoms with Gasteiger partial charge in [0.05, 0.1) is 5.41 Å². The summed E-state index contributed by atoms with van der Waals surface area (Å²) in [7, 11) is 0. The lowest BCUT2D eigenvalue weighted by atomic mass is 9.90. The minimum Gasteiger partial charge on any atom is -0.369 e. The van der Waals surface area contributed by atoms with Crippen LogP contribution in [-0.4, -0.2) is 19.0 Å². The first-order valence-corrected chi connectivity index (χ1v) is 6.18. The second-order valence-electron chi connectivity index (χ2n) is 5.92. The zero-order valence-electron chi connectivity index (χ0n) is 10.2. The molecule has 2 aliphatic carbocycles. The van der Waals surface area contributed by atoms with Gasteiger partial charge in [0.25, 0.3) is 0 Å². The van der Waals surface area contributed by atoms with Gasteiger partial charge in [0.15, 0.2) is 0 Å². The Balaban J connectivity index is 1.73. The van der Waals surface area contributed by atoms with Gasteiger partial charge in [-0.25, -0.2) is 0 Å². The fourth-order valence-electron chi connectivity index (χ4n) is 2.79. The Morgan fingerprint density at radius 1 is 1.44 bits per heavy atom. The number of carbonyl (C=O) groups excluding carboxylic acids is 1. The molecular weight excluding hydrogens is 200 g/mol. The van der Waals surface area contributed by atoms with Crippen LogP contribution >= 0.6 is 0 Å². The SMILES string of the molecule is CC(C)(CNCC1CC2C=CC1C2)C(N)=O. The molecule has 3 nitrogen and oxygen atoms in total. The number of hydrogen-bond donors (Lipinski definition) is 2. The molecule has 3 unspecified atom stereocenters. The standard InChI is InChI=1S/C13H22N2O/c1-13(2,12(14)16)8-15-7-11-6-9-3-4-10(11)5-9/h3-4,9-11,15H,5-8H2,1-2H3,(H2,14,16). The van der Waals surface area contributed by atoms with Gasteiger partial charge in [-0.2, -0.15) is 0 Å². The average Bonchev–Trinajstić information content (AvgIpc) is 2.78. The molecular formula is C13H22N2O. The fraction of sp³-hybridized carbons (Fsp3) is 0.769. The number of fused-ring (bicyclic) bond motifs is 2. The van der Waals surface area contributed by atoms with E-state index in [-0.39, 0.29) is 5.91 Å². The van der Waals surface area contributed by atoms with E-state index in [1.165, 1.54) is 12.8 Å². The highest BCUT2D eigenvalue weighted by Crippen LogP contribution is 2.42. The number of rotatable bonds is 5. The lowest BCUT2D eigenvalue weighted by Crippen LogP contribution is -2.42. The van der Waals surface area contributed by atoms with Gasteiger partial charge < -0.3 is 11.1 Å². The van der Waals surface area contributed by atoms with Gasteiger partial charge in [-0.15, -0.1) is 0 Å². The maximum atomic E-state index is 11.1. The second-order valence-corrected chi connectivity index (χ2v) is 5.92. The Morgan fingerprint density at radius 3 is 2.69 bits per heavy atom. The number of nitrogens with two attached hydrogens (primary N) is 1. The summed E-state index contributed by atoms with van der Waals surface area (Å²) in [6.45, 7) is 5.48. The number of allylic oxidation sites excluding steroid dienone is 2. The Bertz CT molecular complexity index is 309. The van der Waals surface area contributed by atoms with Crippen LogP contribution in [0.4, 0.5) is 0 Å². The van der Waals surface area contributed by atoms with Crippen LogP contribution in [0.25, 0.3) is 0 Å². The highest BCUT2D eigenvalue weighted by atomic mass is 16.1. The van der Waals surface area contributed by atoms with E-state index >= 15 is 0 Å². The van der Waals surface area contributed by atoms with Crippen LogP contribution in [0.3, 0.4) is 0 Å². The smallest absolute Gasteiger partial charge is 0.224 e. The van der Waals surface area contributed by atoms with E-state index in [1.807, 2.05) is 13.8 Å². The van der Waals surface area contributed by atoms with Crippen LogP contribution in [0.2, 0.25) is 0 Å². The lowest BCUT2D eigenvalue weighted by Gasteiger charge is -2.24. The Hall–Kier alpha value is -0.830. The van der Waals surface area contributed by atoms with Crippen LogP contribution in [0, 0.1) is 23.2 Å². The van der Waals surface area contributed by atoms with Crippen molar-refractivity contribution >= 4 is 5.91 Å². The topological polar surface area (TPSA) is 55.1 Å². The van der Waals surface area contributed by atoms with Gasteiger partial charge in [-0.05, 0) is 51.0 Å². The van der Waals surface area contributed by atoms with Crippen molar-refractivity contribution in [1.29, 1.82) is 0 Å². The summed E-state index contributed by atoms with van der Waals surface area (Å²) in [5.41, 5.74) is 4.90. The van der Waals surface area contributed by atoms with Gasteiger partial charge in [0.2, 0.25) is 5.91 Å². The van der Waals surface area contributed by atoms with E-state index < -0.39 is 5.41 Å². The monoisotopic (exact) mass is 222 g/mol. The van der Waals surface area contributed by atoms with E-state index in [4.69, 9.17) is 5.73 Å². The van der Waals surface area contributed by atoms with Crippen molar-refractivity contribution in [3.8, 4) is 0 Å². The van der Waals surface area contributed by atoms with Crippen molar-refractivity contribution in [3.63, 3.8) is 0 Å². The number of primary amides is 1. The van der Waals surface area contributed by atoms with Crippen LogP contribution in [0.5, 0.6) is 0 Å². The van der Waals surface area contributed by atoms with Gasteiger partial charge in [-0.1, -0.05) is 12.2 Å². The molecule has 1 saturated carbocycles. The Kier molecular flexibility index (Phi) is 3.06. The maximum Gasteiger partial charge on any atom is 0.224 e. The average molecular weight is 222 g/mol. The van der Waals surface area contributed by atoms with Crippen molar-refractivity contribution in [2.24, 2.45) is 28.9 Å². The van der Waals surface area contributed by atoms with E-state index in [1.54, 1.807) is 0 Å². The van der Waals surface area contributed by atoms with E-state index in [0.717, 1.165) is 24.3 Å². The molecule has 3 heteroatoms. The highest BCUT2D eigenvalue weighted by molar-refractivity contribution is 5.80. The van der Waals surface area contributed by atoms with Crippen LogP contribution < -0.4 is 11.1 Å². The molecule has 2 rings (SSSR count). The number of nitrogens with one attached hydrogen (secondary N) is 1. The van der Waals surface area contributed by atoms with E-state index in [0.29, 0.717) is 6.54 Å². The molecule has 90 valence electrons. The Morgan fingerprint density at radius 2 is 2.19 bits per heavy atom. The molecule has 0 aliphatic heterocycles. The molecule has 2 bridgehead atoms. The number of hydrogen-bond acceptors (Lipinski definition) is 2. The molecule has 1 amide bonds. The lowest BCUT2D eigenvalue weighted by molar-refractivity contribution is -0.125. The molecule has 1 fully saturated rings. The molecule has 3 atom stereocenters. The van der Waals surface area contributed by atoms with Crippen LogP contribution in [0.1, 0.15) is 26.7 Å². The number of carbonyl (C=O) groups is 1. The molecule has 0 heterocycles. The van der Waals surface area contributed by atoms with Gasteiger partial charge in [0, 0.05) is 6.54 Å². The predicted octanol–water partition coefficient (Wildman–Crippen LogP) is 1.30. The van der Waals surface area contributed by atoms with Crippen molar-refractivity contribution < 1.29 is 4.79 Å². The number of amides is 1.